The second-order valence-electron chi connectivity index (χ2n) is 5.98. The summed E-state index contributed by atoms with van der Waals surface area (Å²) in [6.45, 7) is 7.80. The first-order valence-corrected chi connectivity index (χ1v) is 8.32. The van der Waals surface area contributed by atoms with E-state index in [4.69, 9.17) is 0 Å². The highest BCUT2D eigenvalue weighted by atomic mass is 16.2. The molecule has 26 heavy (non-hydrogen) atoms. The van der Waals surface area contributed by atoms with Crippen LogP contribution in [0.2, 0.25) is 0 Å². The van der Waals surface area contributed by atoms with Crippen LogP contribution >= 0.6 is 0 Å². The van der Waals surface area contributed by atoms with Crippen molar-refractivity contribution < 1.29 is 9.59 Å². The van der Waals surface area contributed by atoms with Crippen molar-refractivity contribution in [3.05, 3.63) is 60.2 Å². The van der Waals surface area contributed by atoms with Crippen molar-refractivity contribution in [3.8, 4) is 0 Å². The van der Waals surface area contributed by atoms with Crippen molar-refractivity contribution in [1.29, 1.82) is 0 Å². The van der Waals surface area contributed by atoms with Crippen molar-refractivity contribution in [1.82, 2.24) is 31.7 Å². The maximum absolute atomic E-state index is 11.3. The number of pyridine rings is 2. The molecule has 0 spiro atoms. The molecule has 8 nitrogen and oxygen atoms in total. The zero-order valence-corrected chi connectivity index (χ0v) is 15.5. The van der Waals surface area contributed by atoms with Gasteiger partial charge in [-0.2, -0.15) is 0 Å². The Labute approximate surface area is 153 Å². The summed E-state index contributed by atoms with van der Waals surface area (Å²) >= 11 is 0. The molecule has 0 bridgehead atoms. The van der Waals surface area contributed by atoms with E-state index in [0.29, 0.717) is 11.1 Å². The summed E-state index contributed by atoms with van der Waals surface area (Å²) in [6, 6.07) is 7.11. The summed E-state index contributed by atoms with van der Waals surface area (Å²) < 4.78 is 0. The van der Waals surface area contributed by atoms with Crippen LogP contribution in [0.4, 0.5) is 0 Å². The maximum atomic E-state index is 11.3. The molecule has 2 aromatic heterocycles. The van der Waals surface area contributed by atoms with Gasteiger partial charge < -0.3 is 0 Å². The number of rotatable bonds is 6. The highest BCUT2D eigenvalue weighted by Crippen LogP contribution is 1.95. The third-order valence-corrected chi connectivity index (χ3v) is 2.83. The third kappa shape index (κ3) is 8.86. The monoisotopic (exact) mass is 358 g/mol. The first kappa shape index (κ1) is 21.2. The van der Waals surface area contributed by atoms with Gasteiger partial charge in [0.25, 0.3) is 11.8 Å². The summed E-state index contributed by atoms with van der Waals surface area (Å²) in [7, 11) is 0. The predicted octanol–water partition coefficient (Wildman–Crippen LogP) is 1.45. The fraction of sp³-hybridized carbons (Fsp3) is 0.333. The maximum Gasteiger partial charge on any atom is 0.265 e. The minimum Gasteiger partial charge on any atom is -0.287 e. The van der Waals surface area contributed by atoms with Gasteiger partial charge in [-0.05, 0) is 52.0 Å². The number of carbonyl (C=O) groups is 2. The minimum absolute atomic E-state index is 0.142. The van der Waals surface area contributed by atoms with Gasteiger partial charge in [-0.3, -0.25) is 30.4 Å². The molecular formula is C18H26N6O2. The van der Waals surface area contributed by atoms with Gasteiger partial charge >= 0.3 is 0 Å². The van der Waals surface area contributed by atoms with E-state index in [1.54, 1.807) is 49.1 Å². The topological polar surface area (TPSA) is 108 Å². The molecule has 0 aromatic carbocycles. The molecule has 140 valence electrons. The number of nitrogens with zero attached hydrogens (tertiary/aromatic N) is 2. The summed E-state index contributed by atoms with van der Waals surface area (Å²) in [6.07, 6.45) is 6.35. The van der Waals surface area contributed by atoms with E-state index >= 15 is 0 Å². The normalized spacial score (nSPS) is 10.1. The minimum atomic E-state index is -0.142. The molecule has 2 rings (SSSR count). The third-order valence-electron chi connectivity index (χ3n) is 2.83. The molecule has 0 aliphatic rings. The highest BCUT2D eigenvalue weighted by molar-refractivity contribution is 5.94. The Bertz CT molecular complexity index is 602. The fourth-order valence-electron chi connectivity index (χ4n) is 1.57. The summed E-state index contributed by atoms with van der Waals surface area (Å²) in [4.78, 5) is 30.3. The number of hydrazine groups is 2. The van der Waals surface area contributed by atoms with Crippen LogP contribution in [0.3, 0.4) is 0 Å². The Balaban J connectivity index is 0.000000260. The van der Waals surface area contributed by atoms with Crippen LogP contribution in [0.5, 0.6) is 0 Å². The zero-order valence-electron chi connectivity index (χ0n) is 15.5. The van der Waals surface area contributed by atoms with Crippen molar-refractivity contribution >= 4 is 11.8 Å². The second-order valence-corrected chi connectivity index (χ2v) is 5.98. The molecule has 0 radical (unpaired) electrons. The summed E-state index contributed by atoms with van der Waals surface area (Å²) in [5, 5.41) is 0. The van der Waals surface area contributed by atoms with Gasteiger partial charge in [0.2, 0.25) is 0 Å². The summed E-state index contributed by atoms with van der Waals surface area (Å²) in [5.41, 5.74) is 12.0. The number of carbonyl (C=O) groups excluding carboxylic acids is 2. The average Bonchev–Trinajstić information content (AvgIpc) is 2.66. The van der Waals surface area contributed by atoms with E-state index in [-0.39, 0.29) is 23.9 Å². The molecule has 0 saturated carbocycles. The molecule has 0 fully saturated rings. The number of hydrogen-bond donors (Lipinski definition) is 4. The summed E-state index contributed by atoms with van der Waals surface area (Å²) in [5.74, 6) is -0.285. The molecule has 0 unspecified atom stereocenters. The first-order chi connectivity index (χ1) is 12.4. The number of hydrogen-bond acceptors (Lipinski definition) is 6. The van der Waals surface area contributed by atoms with Gasteiger partial charge in [-0.1, -0.05) is 0 Å². The predicted molar refractivity (Wildman–Crippen MR) is 99.9 cm³/mol. The largest absolute Gasteiger partial charge is 0.287 e. The van der Waals surface area contributed by atoms with Crippen molar-refractivity contribution in [2.75, 3.05) is 0 Å². The highest BCUT2D eigenvalue weighted by Gasteiger charge is 2.04. The Hall–Kier alpha value is -2.84. The van der Waals surface area contributed by atoms with Crippen LogP contribution in [0.15, 0.2) is 49.1 Å². The van der Waals surface area contributed by atoms with Crippen LogP contribution in [0.25, 0.3) is 0 Å². The smallest absolute Gasteiger partial charge is 0.265 e. The van der Waals surface area contributed by atoms with Crippen molar-refractivity contribution in [2.24, 2.45) is 0 Å². The Kier molecular flexibility index (Phi) is 9.52. The fourth-order valence-corrected chi connectivity index (χ4v) is 1.57. The van der Waals surface area contributed by atoms with Gasteiger partial charge in [-0.15, -0.1) is 0 Å². The van der Waals surface area contributed by atoms with Crippen LogP contribution < -0.4 is 21.7 Å². The van der Waals surface area contributed by atoms with Crippen LogP contribution in [-0.2, 0) is 0 Å². The van der Waals surface area contributed by atoms with E-state index in [1.165, 1.54) is 0 Å². The van der Waals surface area contributed by atoms with Gasteiger partial charge in [-0.25, -0.2) is 10.9 Å². The molecule has 2 aromatic rings. The average molecular weight is 358 g/mol. The molecule has 0 aliphatic heterocycles. The molecule has 0 saturated heterocycles. The quantitative estimate of drug-likeness (QED) is 0.582. The Morgan fingerprint density at radius 3 is 1.27 bits per heavy atom. The van der Waals surface area contributed by atoms with E-state index in [2.05, 4.69) is 31.7 Å². The van der Waals surface area contributed by atoms with Crippen LogP contribution in [0.1, 0.15) is 48.4 Å². The standard InChI is InChI=1S/2C9H13N3O/c2*1-7(2)11-12-9(13)8-3-5-10-6-4-8/h2*3-7,11H,1-2H3,(H,12,13). The molecular weight excluding hydrogens is 332 g/mol. The molecule has 0 aliphatic carbocycles. The van der Waals surface area contributed by atoms with Crippen molar-refractivity contribution in [3.63, 3.8) is 0 Å². The Morgan fingerprint density at radius 1 is 0.692 bits per heavy atom. The lowest BCUT2D eigenvalue weighted by molar-refractivity contribution is 0.0920. The lowest BCUT2D eigenvalue weighted by Gasteiger charge is -2.09. The second kappa shape index (κ2) is 11.7. The van der Waals surface area contributed by atoms with Crippen molar-refractivity contribution in [2.45, 2.75) is 39.8 Å². The van der Waals surface area contributed by atoms with Gasteiger partial charge in [0.1, 0.15) is 0 Å². The van der Waals surface area contributed by atoms with Crippen LogP contribution in [0, 0.1) is 0 Å². The number of aromatic nitrogens is 2. The lowest BCUT2D eigenvalue weighted by atomic mass is 10.2. The lowest BCUT2D eigenvalue weighted by Crippen LogP contribution is -2.41. The number of nitrogens with one attached hydrogen (secondary N) is 4. The number of amides is 2. The van der Waals surface area contributed by atoms with E-state index < -0.39 is 0 Å². The SMILES string of the molecule is CC(C)NNC(=O)c1ccncc1.CC(C)NNC(=O)c1ccncc1. The molecule has 8 heteroatoms. The molecule has 4 N–H and O–H groups in total. The molecule has 0 atom stereocenters. The Morgan fingerprint density at radius 2 is 1.00 bits per heavy atom. The van der Waals surface area contributed by atoms with Gasteiger partial charge in [0.05, 0.1) is 0 Å². The zero-order chi connectivity index (χ0) is 19.4. The first-order valence-electron chi connectivity index (χ1n) is 8.32. The molecule has 2 heterocycles. The van der Waals surface area contributed by atoms with E-state index in [9.17, 15) is 9.59 Å². The van der Waals surface area contributed by atoms with Gasteiger partial charge in [0.15, 0.2) is 0 Å². The van der Waals surface area contributed by atoms with E-state index in [1.807, 2.05) is 27.7 Å². The molecule has 2 amide bonds. The van der Waals surface area contributed by atoms with Crippen LogP contribution in [-0.4, -0.2) is 33.9 Å². The van der Waals surface area contributed by atoms with Gasteiger partial charge in [0, 0.05) is 48.0 Å². The van der Waals surface area contributed by atoms with E-state index in [0.717, 1.165) is 0 Å².